The highest BCUT2D eigenvalue weighted by Crippen LogP contribution is 2.18. The van der Waals surface area contributed by atoms with Crippen molar-refractivity contribution in [2.75, 3.05) is 19.7 Å². The number of hydrogen-bond acceptors (Lipinski definition) is 4. The Bertz CT molecular complexity index is 545. The van der Waals surface area contributed by atoms with Crippen molar-refractivity contribution in [1.29, 1.82) is 0 Å². The first-order valence-corrected chi connectivity index (χ1v) is 7.04. The Kier molecular flexibility index (Phi) is 3.92. The average Bonchev–Trinajstić information content (AvgIpc) is 3.00. The van der Waals surface area contributed by atoms with Crippen molar-refractivity contribution in [1.82, 2.24) is 15.3 Å². The first kappa shape index (κ1) is 13.1. The van der Waals surface area contributed by atoms with Crippen LogP contribution in [0.4, 0.5) is 0 Å². The summed E-state index contributed by atoms with van der Waals surface area (Å²) in [5.41, 5.74) is 2.26. The van der Waals surface area contributed by atoms with E-state index in [0.717, 1.165) is 36.8 Å². The van der Waals surface area contributed by atoms with E-state index in [1.54, 1.807) is 12.4 Å². The van der Waals surface area contributed by atoms with Crippen molar-refractivity contribution >= 4 is 0 Å². The van der Waals surface area contributed by atoms with Crippen molar-refractivity contribution in [2.24, 2.45) is 5.92 Å². The number of benzene rings is 1. The second-order valence-electron chi connectivity index (χ2n) is 5.28. The van der Waals surface area contributed by atoms with Crippen LogP contribution in [0.25, 0.3) is 11.4 Å². The number of hydrogen-bond donors (Lipinski definition) is 1. The van der Waals surface area contributed by atoms with Crippen LogP contribution in [0.1, 0.15) is 12.0 Å². The number of ether oxygens (including phenoxy) is 1. The van der Waals surface area contributed by atoms with Crippen LogP contribution in [-0.4, -0.2) is 29.7 Å². The number of aryl methyl sites for hydroxylation is 1. The minimum atomic E-state index is 0.603. The molecule has 20 heavy (non-hydrogen) atoms. The lowest BCUT2D eigenvalue weighted by Gasteiger charge is -2.10. The van der Waals surface area contributed by atoms with Gasteiger partial charge < -0.3 is 10.1 Å². The largest absolute Gasteiger partial charge is 0.490 e. The predicted molar refractivity (Wildman–Crippen MR) is 78.7 cm³/mol. The summed E-state index contributed by atoms with van der Waals surface area (Å²) >= 11 is 0. The van der Waals surface area contributed by atoms with Crippen LogP contribution in [-0.2, 0) is 0 Å². The van der Waals surface area contributed by atoms with Gasteiger partial charge in [-0.1, -0.05) is 29.8 Å². The molecule has 1 aromatic carbocycles. The molecule has 104 valence electrons. The molecule has 1 N–H and O–H groups in total. The summed E-state index contributed by atoms with van der Waals surface area (Å²) in [5.74, 6) is 2.08. The monoisotopic (exact) mass is 269 g/mol. The maximum absolute atomic E-state index is 5.73. The van der Waals surface area contributed by atoms with Crippen LogP contribution < -0.4 is 10.1 Å². The highest BCUT2D eigenvalue weighted by molar-refractivity contribution is 5.55. The van der Waals surface area contributed by atoms with Gasteiger partial charge in [0.1, 0.15) is 0 Å². The third-order valence-electron chi connectivity index (χ3n) is 3.59. The molecule has 1 fully saturated rings. The molecule has 0 saturated carbocycles. The maximum Gasteiger partial charge on any atom is 0.159 e. The summed E-state index contributed by atoms with van der Waals surface area (Å²) < 4.78 is 5.73. The molecule has 1 atom stereocenters. The molecule has 2 heterocycles. The van der Waals surface area contributed by atoms with Crippen molar-refractivity contribution < 1.29 is 4.74 Å². The highest BCUT2D eigenvalue weighted by atomic mass is 16.5. The minimum Gasteiger partial charge on any atom is -0.490 e. The molecular formula is C16H19N3O. The number of nitrogens with one attached hydrogen (secondary N) is 1. The van der Waals surface area contributed by atoms with Crippen molar-refractivity contribution in [3.8, 4) is 17.1 Å². The number of aromatic nitrogens is 2. The minimum absolute atomic E-state index is 0.603. The fraction of sp³-hybridized carbons (Fsp3) is 0.375. The third kappa shape index (κ3) is 3.14. The van der Waals surface area contributed by atoms with E-state index in [0.29, 0.717) is 5.92 Å². The van der Waals surface area contributed by atoms with Gasteiger partial charge in [-0.3, -0.25) is 0 Å². The zero-order valence-electron chi connectivity index (χ0n) is 11.7. The van der Waals surface area contributed by atoms with Crippen LogP contribution in [0.5, 0.6) is 5.75 Å². The third-order valence-corrected chi connectivity index (χ3v) is 3.59. The smallest absolute Gasteiger partial charge is 0.159 e. The maximum atomic E-state index is 5.73. The molecule has 4 nitrogen and oxygen atoms in total. The molecule has 3 rings (SSSR count). The lowest BCUT2D eigenvalue weighted by atomic mass is 10.1. The van der Waals surface area contributed by atoms with E-state index in [1.165, 1.54) is 12.0 Å². The molecule has 0 bridgehead atoms. The summed E-state index contributed by atoms with van der Waals surface area (Å²) in [6.45, 7) is 4.94. The molecule has 1 aliphatic rings. The summed E-state index contributed by atoms with van der Waals surface area (Å²) in [5, 5.41) is 3.33. The molecule has 2 aromatic rings. The Morgan fingerprint density at radius 3 is 2.60 bits per heavy atom. The first-order valence-electron chi connectivity index (χ1n) is 7.04. The average molecular weight is 269 g/mol. The Balaban J connectivity index is 1.63. The van der Waals surface area contributed by atoms with Gasteiger partial charge in [-0.25, -0.2) is 9.97 Å². The summed E-state index contributed by atoms with van der Waals surface area (Å²) in [6, 6.07) is 8.21. The normalized spacial score (nSPS) is 18.1. The van der Waals surface area contributed by atoms with Gasteiger partial charge in [0.25, 0.3) is 0 Å². The number of nitrogens with zero attached hydrogens (tertiary/aromatic N) is 2. The molecule has 4 heteroatoms. The summed E-state index contributed by atoms with van der Waals surface area (Å²) in [4.78, 5) is 8.74. The van der Waals surface area contributed by atoms with E-state index in [9.17, 15) is 0 Å². The second kappa shape index (κ2) is 6.01. The Morgan fingerprint density at radius 2 is 1.95 bits per heavy atom. The molecule has 1 unspecified atom stereocenters. The molecule has 0 spiro atoms. The predicted octanol–water partition coefficient (Wildman–Crippen LogP) is 2.44. The van der Waals surface area contributed by atoms with Gasteiger partial charge in [-0.2, -0.15) is 0 Å². The van der Waals surface area contributed by atoms with Gasteiger partial charge in [-0.15, -0.1) is 0 Å². The molecule has 1 saturated heterocycles. The fourth-order valence-corrected chi connectivity index (χ4v) is 2.31. The van der Waals surface area contributed by atoms with Gasteiger partial charge >= 0.3 is 0 Å². The van der Waals surface area contributed by atoms with Crippen LogP contribution in [0.2, 0.25) is 0 Å². The lowest BCUT2D eigenvalue weighted by molar-refractivity contribution is 0.258. The van der Waals surface area contributed by atoms with E-state index in [-0.39, 0.29) is 0 Å². The molecule has 0 radical (unpaired) electrons. The van der Waals surface area contributed by atoms with E-state index in [4.69, 9.17) is 4.74 Å². The summed E-state index contributed by atoms with van der Waals surface area (Å²) in [7, 11) is 0. The van der Waals surface area contributed by atoms with E-state index < -0.39 is 0 Å². The van der Waals surface area contributed by atoms with Gasteiger partial charge in [-0.05, 0) is 19.9 Å². The van der Waals surface area contributed by atoms with Gasteiger partial charge in [0, 0.05) is 18.0 Å². The van der Waals surface area contributed by atoms with E-state index >= 15 is 0 Å². The zero-order chi connectivity index (χ0) is 13.8. The zero-order valence-corrected chi connectivity index (χ0v) is 11.7. The quantitative estimate of drug-likeness (QED) is 0.926. The van der Waals surface area contributed by atoms with Crippen LogP contribution in [0.15, 0.2) is 36.7 Å². The standard InChI is InChI=1S/C16H19N3O/c1-12-2-4-14(5-3-12)16-18-9-15(10-19-16)20-11-13-6-7-17-8-13/h2-5,9-10,13,17H,6-8,11H2,1H3. The molecule has 0 amide bonds. The topological polar surface area (TPSA) is 47.0 Å². The van der Waals surface area contributed by atoms with Gasteiger partial charge in [0.2, 0.25) is 0 Å². The van der Waals surface area contributed by atoms with Gasteiger partial charge in [0.05, 0.1) is 19.0 Å². The lowest BCUT2D eigenvalue weighted by Crippen LogP contribution is -2.15. The Hall–Kier alpha value is -1.94. The fourth-order valence-electron chi connectivity index (χ4n) is 2.31. The Labute approximate surface area is 119 Å². The van der Waals surface area contributed by atoms with E-state index in [1.807, 2.05) is 12.1 Å². The Morgan fingerprint density at radius 1 is 1.20 bits per heavy atom. The first-order chi connectivity index (χ1) is 9.81. The molecule has 0 aliphatic carbocycles. The second-order valence-corrected chi connectivity index (χ2v) is 5.28. The summed E-state index contributed by atoms with van der Waals surface area (Å²) in [6.07, 6.45) is 4.69. The van der Waals surface area contributed by atoms with Crippen LogP contribution in [0, 0.1) is 12.8 Å². The highest BCUT2D eigenvalue weighted by Gasteiger charge is 2.15. The molecule has 1 aliphatic heterocycles. The molecule has 1 aromatic heterocycles. The van der Waals surface area contributed by atoms with Gasteiger partial charge in [0.15, 0.2) is 11.6 Å². The van der Waals surface area contributed by atoms with E-state index in [2.05, 4.69) is 34.3 Å². The van der Waals surface area contributed by atoms with Crippen LogP contribution in [0.3, 0.4) is 0 Å². The molecular weight excluding hydrogens is 250 g/mol. The van der Waals surface area contributed by atoms with Crippen molar-refractivity contribution in [3.63, 3.8) is 0 Å². The SMILES string of the molecule is Cc1ccc(-c2ncc(OCC3CCNC3)cn2)cc1. The van der Waals surface area contributed by atoms with Crippen molar-refractivity contribution in [3.05, 3.63) is 42.2 Å². The van der Waals surface area contributed by atoms with Crippen LogP contribution >= 0.6 is 0 Å². The number of rotatable bonds is 4. The van der Waals surface area contributed by atoms with Crippen molar-refractivity contribution in [2.45, 2.75) is 13.3 Å².